The Morgan fingerprint density at radius 1 is 1.07 bits per heavy atom. The second-order valence-electron chi connectivity index (χ2n) is 7.28. The standard InChI is InChI=1S/C22H24F2N2O4/c1-2-3-12-22(15-4-6-16(23)7-5-15)20(28)26(21(29)25-22)13-18(27)14-30-19-10-8-17(24)9-11-19/h4-11,18,27H,2-3,12-14H2,1H3,(H,25,29). The van der Waals surface area contributed by atoms with Crippen LogP contribution in [0.4, 0.5) is 13.6 Å². The number of carbonyl (C=O) groups excluding carboxylic acids is 2. The van der Waals surface area contributed by atoms with Gasteiger partial charge in [0.1, 0.15) is 35.6 Å². The van der Waals surface area contributed by atoms with Crippen molar-refractivity contribution in [3.63, 3.8) is 0 Å². The van der Waals surface area contributed by atoms with E-state index in [1.807, 2.05) is 6.92 Å². The lowest BCUT2D eigenvalue weighted by molar-refractivity contribution is -0.133. The minimum Gasteiger partial charge on any atom is -0.491 e. The predicted molar refractivity (Wildman–Crippen MR) is 106 cm³/mol. The number of rotatable bonds is 9. The zero-order valence-corrected chi connectivity index (χ0v) is 16.6. The first-order chi connectivity index (χ1) is 14.4. The van der Waals surface area contributed by atoms with E-state index in [2.05, 4.69) is 5.32 Å². The van der Waals surface area contributed by atoms with Crippen molar-refractivity contribution in [1.29, 1.82) is 0 Å². The van der Waals surface area contributed by atoms with Gasteiger partial charge in [-0.05, 0) is 48.4 Å². The van der Waals surface area contributed by atoms with Crippen molar-refractivity contribution >= 4 is 11.9 Å². The van der Waals surface area contributed by atoms with Gasteiger partial charge in [0.25, 0.3) is 5.91 Å². The van der Waals surface area contributed by atoms with Crippen LogP contribution in [0.25, 0.3) is 0 Å². The van der Waals surface area contributed by atoms with Crippen molar-refractivity contribution in [1.82, 2.24) is 10.2 Å². The molecule has 1 aliphatic rings. The Hall–Kier alpha value is -3.00. The molecule has 0 aromatic heterocycles. The topological polar surface area (TPSA) is 78.9 Å². The molecular weight excluding hydrogens is 394 g/mol. The zero-order chi connectivity index (χ0) is 21.7. The fourth-order valence-electron chi connectivity index (χ4n) is 3.46. The van der Waals surface area contributed by atoms with Crippen molar-refractivity contribution in [2.75, 3.05) is 13.2 Å². The first kappa shape index (κ1) is 21.7. The van der Waals surface area contributed by atoms with Gasteiger partial charge in [0.15, 0.2) is 0 Å². The number of hydrogen-bond acceptors (Lipinski definition) is 4. The molecule has 2 aromatic carbocycles. The molecule has 1 fully saturated rings. The van der Waals surface area contributed by atoms with Crippen molar-refractivity contribution in [3.05, 3.63) is 65.7 Å². The fourth-order valence-corrected chi connectivity index (χ4v) is 3.46. The van der Waals surface area contributed by atoms with E-state index in [0.29, 0.717) is 24.2 Å². The fraction of sp³-hybridized carbons (Fsp3) is 0.364. The summed E-state index contributed by atoms with van der Waals surface area (Å²) in [6.07, 6.45) is 0.700. The van der Waals surface area contributed by atoms with Crippen LogP contribution in [0.3, 0.4) is 0 Å². The second kappa shape index (κ2) is 9.21. The predicted octanol–water partition coefficient (Wildman–Crippen LogP) is 3.34. The zero-order valence-electron chi connectivity index (χ0n) is 16.6. The lowest BCUT2D eigenvalue weighted by atomic mass is 9.84. The molecule has 0 aliphatic carbocycles. The van der Waals surface area contributed by atoms with E-state index in [1.165, 1.54) is 48.5 Å². The summed E-state index contributed by atoms with van der Waals surface area (Å²) in [7, 11) is 0. The van der Waals surface area contributed by atoms with E-state index in [0.717, 1.165) is 11.3 Å². The van der Waals surface area contributed by atoms with Crippen molar-refractivity contribution in [3.8, 4) is 5.75 Å². The number of nitrogens with zero attached hydrogens (tertiary/aromatic N) is 1. The molecule has 3 rings (SSSR count). The van der Waals surface area contributed by atoms with Crippen LogP contribution in [-0.2, 0) is 10.3 Å². The van der Waals surface area contributed by atoms with E-state index in [9.17, 15) is 23.5 Å². The van der Waals surface area contributed by atoms with Crippen LogP contribution in [0.1, 0.15) is 31.7 Å². The summed E-state index contributed by atoms with van der Waals surface area (Å²) in [6.45, 7) is 1.52. The molecule has 6 nitrogen and oxygen atoms in total. The Labute approximate surface area is 173 Å². The highest BCUT2D eigenvalue weighted by atomic mass is 19.1. The average molecular weight is 418 g/mol. The van der Waals surface area contributed by atoms with Gasteiger partial charge in [-0.25, -0.2) is 13.6 Å². The molecule has 1 saturated heterocycles. The maximum atomic E-state index is 13.4. The summed E-state index contributed by atoms with van der Waals surface area (Å²) in [5.74, 6) is -0.984. The first-order valence-electron chi connectivity index (χ1n) is 9.82. The van der Waals surface area contributed by atoms with Crippen molar-refractivity contribution in [2.24, 2.45) is 0 Å². The molecule has 2 atom stereocenters. The third-order valence-corrected chi connectivity index (χ3v) is 5.07. The van der Waals surface area contributed by atoms with Crippen LogP contribution in [-0.4, -0.2) is 41.2 Å². The number of amides is 3. The number of hydrogen-bond donors (Lipinski definition) is 2. The van der Waals surface area contributed by atoms with Crippen LogP contribution >= 0.6 is 0 Å². The molecule has 8 heteroatoms. The first-order valence-corrected chi connectivity index (χ1v) is 9.82. The second-order valence-corrected chi connectivity index (χ2v) is 7.28. The van der Waals surface area contributed by atoms with Gasteiger partial charge in [-0.1, -0.05) is 31.9 Å². The van der Waals surface area contributed by atoms with E-state index in [1.54, 1.807) is 0 Å². The van der Waals surface area contributed by atoms with Crippen LogP contribution in [0.15, 0.2) is 48.5 Å². The highest BCUT2D eigenvalue weighted by molar-refractivity contribution is 6.07. The SMILES string of the molecule is CCCCC1(c2ccc(F)cc2)NC(=O)N(CC(O)COc2ccc(F)cc2)C1=O. The van der Waals surface area contributed by atoms with Crippen LogP contribution in [0, 0.1) is 11.6 Å². The van der Waals surface area contributed by atoms with Crippen LogP contribution in [0.5, 0.6) is 5.75 Å². The Morgan fingerprint density at radius 3 is 2.27 bits per heavy atom. The molecule has 0 bridgehead atoms. The Balaban J connectivity index is 1.72. The van der Waals surface area contributed by atoms with Gasteiger partial charge in [-0.15, -0.1) is 0 Å². The number of aliphatic hydroxyl groups is 1. The number of β-amino-alcohol motifs (C(OH)–C–C–N with tert-alkyl or cyclic N) is 1. The summed E-state index contributed by atoms with van der Waals surface area (Å²) >= 11 is 0. The minimum atomic E-state index is -1.29. The van der Waals surface area contributed by atoms with Gasteiger partial charge in [0, 0.05) is 0 Å². The Kier molecular flexibility index (Phi) is 6.66. The molecule has 3 amide bonds. The molecule has 160 valence electrons. The maximum Gasteiger partial charge on any atom is 0.325 e. The third kappa shape index (κ3) is 4.59. The van der Waals surface area contributed by atoms with Crippen molar-refractivity contribution in [2.45, 2.75) is 37.8 Å². The maximum absolute atomic E-state index is 13.4. The van der Waals surface area contributed by atoms with Gasteiger partial charge < -0.3 is 15.2 Å². The quantitative estimate of drug-likeness (QED) is 0.613. The number of aliphatic hydroxyl groups excluding tert-OH is 1. The highest BCUT2D eigenvalue weighted by Gasteiger charge is 2.52. The molecule has 1 aliphatic heterocycles. The molecule has 0 saturated carbocycles. The number of imide groups is 1. The number of nitrogens with one attached hydrogen (secondary N) is 1. The number of benzene rings is 2. The Morgan fingerprint density at radius 2 is 1.67 bits per heavy atom. The van der Waals surface area contributed by atoms with Gasteiger partial charge in [0.2, 0.25) is 0 Å². The molecule has 30 heavy (non-hydrogen) atoms. The number of urea groups is 1. The summed E-state index contributed by atoms with van der Waals surface area (Å²) in [4.78, 5) is 26.8. The van der Waals surface area contributed by atoms with Crippen molar-refractivity contribution < 1.29 is 28.2 Å². The molecule has 2 N–H and O–H groups in total. The third-order valence-electron chi connectivity index (χ3n) is 5.07. The van der Waals surface area contributed by atoms with E-state index >= 15 is 0 Å². The highest BCUT2D eigenvalue weighted by Crippen LogP contribution is 2.34. The Bertz CT molecular complexity index is 889. The van der Waals surface area contributed by atoms with Crippen LogP contribution in [0.2, 0.25) is 0 Å². The minimum absolute atomic E-state index is 0.179. The number of unbranched alkanes of at least 4 members (excludes halogenated alkanes) is 1. The monoisotopic (exact) mass is 418 g/mol. The molecule has 2 aromatic rings. The molecule has 0 spiro atoms. The van der Waals surface area contributed by atoms with Crippen LogP contribution < -0.4 is 10.1 Å². The summed E-state index contributed by atoms with van der Waals surface area (Å²) in [5.41, 5.74) is -0.798. The number of halogens is 2. The smallest absolute Gasteiger partial charge is 0.325 e. The average Bonchev–Trinajstić information content (AvgIpc) is 2.97. The lowest BCUT2D eigenvalue weighted by Crippen LogP contribution is -2.45. The molecule has 2 unspecified atom stereocenters. The number of carbonyl (C=O) groups is 2. The van der Waals surface area contributed by atoms with E-state index in [-0.39, 0.29) is 13.2 Å². The van der Waals surface area contributed by atoms with Gasteiger partial charge in [-0.2, -0.15) is 0 Å². The molecular formula is C22H24F2N2O4. The molecule has 1 heterocycles. The van der Waals surface area contributed by atoms with Gasteiger partial charge in [0.05, 0.1) is 6.54 Å². The van der Waals surface area contributed by atoms with Gasteiger partial charge in [-0.3, -0.25) is 9.69 Å². The van der Waals surface area contributed by atoms with Gasteiger partial charge >= 0.3 is 6.03 Å². The molecule has 0 radical (unpaired) electrons. The summed E-state index contributed by atoms with van der Waals surface area (Å²) in [6, 6.07) is 10.1. The lowest BCUT2D eigenvalue weighted by Gasteiger charge is -2.27. The normalized spacial score (nSPS) is 19.7. The van der Waals surface area contributed by atoms with E-state index in [4.69, 9.17) is 4.74 Å². The summed E-state index contributed by atoms with van der Waals surface area (Å²) in [5, 5.41) is 13.0. The number of ether oxygens (including phenoxy) is 1. The summed E-state index contributed by atoms with van der Waals surface area (Å²) < 4.78 is 31.7. The largest absolute Gasteiger partial charge is 0.491 e. The van der Waals surface area contributed by atoms with E-state index < -0.39 is 35.2 Å².